The van der Waals surface area contributed by atoms with Crippen molar-refractivity contribution in [2.45, 2.75) is 25.0 Å². The fourth-order valence-electron chi connectivity index (χ4n) is 1.76. The molecule has 0 N–H and O–H groups in total. The first-order chi connectivity index (χ1) is 9.22. The van der Waals surface area contributed by atoms with Crippen LogP contribution >= 0.6 is 0 Å². The van der Waals surface area contributed by atoms with Crippen LogP contribution in [0.5, 0.6) is 5.75 Å². The first-order valence-electron chi connectivity index (χ1n) is 5.99. The minimum absolute atomic E-state index is 0.440. The van der Waals surface area contributed by atoms with Crippen molar-refractivity contribution in [3.63, 3.8) is 0 Å². The summed E-state index contributed by atoms with van der Waals surface area (Å²) in [5, 5.41) is 7.98. The lowest BCUT2D eigenvalue weighted by Gasteiger charge is -2.15. The Hall–Kier alpha value is -1.87. The van der Waals surface area contributed by atoms with E-state index in [0.717, 1.165) is 11.8 Å². The number of nitriles is 1. The molecule has 0 aromatic heterocycles. The Bertz CT molecular complexity index is 658. The summed E-state index contributed by atoms with van der Waals surface area (Å²) in [5.74, 6) is -1.18. The number of carbonyl (C=O) groups excluding carboxylic acids is 1. The minimum Gasteiger partial charge on any atom is -0.496 e. The number of Topliss-reactive ketones (excluding diaryl/α,β-unsaturated/α-hetero) is 1. The van der Waals surface area contributed by atoms with Crippen LogP contribution in [0, 0.1) is 18.3 Å². The van der Waals surface area contributed by atoms with Crippen molar-refractivity contribution in [2.24, 2.45) is 0 Å². The van der Waals surface area contributed by atoms with E-state index < -0.39 is 26.8 Å². The van der Waals surface area contributed by atoms with Crippen molar-refractivity contribution in [1.82, 2.24) is 0 Å². The van der Waals surface area contributed by atoms with Crippen molar-refractivity contribution in [3.8, 4) is 11.8 Å². The van der Waals surface area contributed by atoms with Crippen LogP contribution in [0.1, 0.15) is 24.0 Å². The molecule has 0 aliphatic heterocycles. The maximum atomic E-state index is 12.2. The zero-order valence-corrected chi connectivity index (χ0v) is 12.7. The van der Waals surface area contributed by atoms with Crippen LogP contribution in [0.15, 0.2) is 18.2 Å². The number of rotatable bonds is 5. The molecule has 0 saturated carbocycles. The quantitative estimate of drug-likeness (QED) is 0.824. The molecule has 2 unspecified atom stereocenters. The molecule has 0 amide bonds. The van der Waals surface area contributed by atoms with Gasteiger partial charge in [-0.15, -0.1) is 0 Å². The lowest BCUT2D eigenvalue weighted by atomic mass is 9.93. The summed E-state index contributed by atoms with van der Waals surface area (Å²) in [4.78, 5) is 12.2. The molecule has 108 valence electrons. The van der Waals surface area contributed by atoms with Gasteiger partial charge in [0.2, 0.25) is 0 Å². The topological polar surface area (TPSA) is 84.2 Å². The molecular formula is C14H17NO4S. The lowest BCUT2D eigenvalue weighted by molar-refractivity contribution is -0.118. The molecule has 0 radical (unpaired) electrons. The number of methoxy groups -OCH3 is 1. The fraction of sp³-hybridized carbons (Fsp3) is 0.429. The normalized spacial score (nSPS) is 14.2. The SMILES string of the molecule is COc1cc(C(C#N)C(=O)C(C)S(C)(=O)=O)ccc1C. The van der Waals surface area contributed by atoms with Crippen LogP contribution in [-0.4, -0.2) is 32.8 Å². The Labute approximate surface area is 119 Å². The minimum atomic E-state index is -3.52. The summed E-state index contributed by atoms with van der Waals surface area (Å²) >= 11 is 0. The van der Waals surface area contributed by atoms with Crippen LogP contribution in [0.3, 0.4) is 0 Å². The number of benzene rings is 1. The van der Waals surface area contributed by atoms with Crippen LogP contribution in [-0.2, 0) is 14.6 Å². The highest BCUT2D eigenvalue weighted by Crippen LogP contribution is 2.26. The third-order valence-electron chi connectivity index (χ3n) is 3.22. The molecule has 5 nitrogen and oxygen atoms in total. The number of nitrogens with zero attached hydrogens (tertiary/aromatic N) is 1. The molecule has 1 rings (SSSR count). The van der Waals surface area contributed by atoms with Gasteiger partial charge >= 0.3 is 0 Å². The second-order valence-electron chi connectivity index (χ2n) is 4.67. The molecule has 2 atom stereocenters. The molecule has 0 fully saturated rings. The van der Waals surface area contributed by atoms with E-state index in [0.29, 0.717) is 11.3 Å². The number of sulfone groups is 1. The predicted molar refractivity (Wildman–Crippen MR) is 75.4 cm³/mol. The number of ketones is 1. The largest absolute Gasteiger partial charge is 0.496 e. The van der Waals surface area contributed by atoms with Gasteiger partial charge in [-0.25, -0.2) is 8.42 Å². The van der Waals surface area contributed by atoms with Gasteiger partial charge < -0.3 is 4.74 Å². The number of aryl methyl sites for hydroxylation is 1. The number of ether oxygens (including phenoxy) is 1. The van der Waals surface area contributed by atoms with Gasteiger partial charge in [-0.1, -0.05) is 12.1 Å². The average Bonchev–Trinajstić information content (AvgIpc) is 2.39. The van der Waals surface area contributed by atoms with E-state index in [1.807, 2.05) is 13.0 Å². The monoisotopic (exact) mass is 295 g/mol. The summed E-state index contributed by atoms with van der Waals surface area (Å²) in [5.41, 5.74) is 1.31. The van der Waals surface area contributed by atoms with Crippen molar-refractivity contribution < 1.29 is 17.9 Å². The number of carbonyl (C=O) groups is 1. The van der Waals surface area contributed by atoms with Gasteiger partial charge in [0.25, 0.3) is 0 Å². The van der Waals surface area contributed by atoms with E-state index in [1.165, 1.54) is 14.0 Å². The maximum Gasteiger partial charge on any atom is 0.172 e. The molecule has 0 heterocycles. The second-order valence-corrected chi connectivity index (χ2v) is 7.03. The summed E-state index contributed by atoms with van der Waals surface area (Å²) in [6.45, 7) is 3.14. The van der Waals surface area contributed by atoms with Crippen LogP contribution < -0.4 is 4.74 Å². The number of hydrogen-bond donors (Lipinski definition) is 0. The summed E-state index contributed by atoms with van der Waals surface area (Å²) in [7, 11) is -2.03. The molecular weight excluding hydrogens is 278 g/mol. The Morgan fingerprint density at radius 3 is 2.45 bits per heavy atom. The van der Waals surface area contributed by atoms with Gasteiger partial charge in [0.1, 0.15) is 16.9 Å². The molecule has 0 aliphatic rings. The predicted octanol–water partition coefficient (Wildman–Crippen LogP) is 1.61. The van der Waals surface area contributed by atoms with Gasteiger partial charge in [0, 0.05) is 6.26 Å². The van der Waals surface area contributed by atoms with E-state index in [2.05, 4.69) is 0 Å². The highest BCUT2D eigenvalue weighted by atomic mass is 32.2. The zero-order valence-electron chi connectivity index (χ0n) is 11.9. The highest BCUT2D eigenvalue weighted by molar-refractivity contribution is 7.92. The maximum absolute atomic E-state index is 12.2. The van der Waals surface area contributed by atoms with Crippen LogP contribution in [0.25, 0.3) is 0 Å². The molecule has 0 spiro atoms. The Morgan fingerprint density at radius 1 is 1.40 bits per heavy atom. The Morgan fingerprint density at radius 2 is 2.00 bits per heavy atom. The van der Waals surface area contributed by atoms with E-state index >= 15 is 0 Å². The van der Waals surface area contributed by atoms with E-state index in [4.69, 9.17) is 4.74 Å². The highest BCUT2D eigenvalue weighted by Gasteiger charge is 2.31. The summed E-state index contributed by atoms with van der Waals surface area (Å²) in [6, 6.07) is 6.84. The fourth-order valence-corrected chi connectivity index (χ4v) is 2.32. The smallest absolute Gasteiger partial charge is 0.172 e. The van der Waals surface area contributed by atoms with Crippen molar-refractivity contribution in [1.29, 1.82) is 5.26 Å². The molecule has 0 aliphatic carbocycles. The molecule has 1 aromatic carbocycles. The van der Waals surface area contributed by atoms with Gasteiger partial charge in [-0.2, -0.15) is 5.26 Å². The second kappa shape index (κ2) is 6.06. The van der Waals surface area contributed by atoms with Gasteiger partial charge in [-0.3, -0.25) is 4.79 Å². The summed E-state index contributed by atoms with van der Waals surface area (Å²) in [6.07, 6.45) is 0.986. The van der Waals surface area contributed by atoms with Crippen molar-refractivity contribution >= 4 is 15.6 Å². The Kier molecular flexibility index (Phi) is 4.90. The van der Waals surface area contributed by atoms with Gasteiger partial charge in [0.05, 0.1) is 13.2 Å². The lowest BCUT2D eigenvalue weighted by Crippen LogP contribution is -2.30. The first-order valence-corrected chi connectivity index (χ1v) is 7.94. The molecule has 0 bridgehead atoms. The first kappa shape index (κ1) is 16.2. The third-order valence-corrected chi connectivity index (χ3v) is 4.74. The van der Waals surface area contributed by atoms with Crippen LogP contribution in [0.2, 0.25) is 0 Å². The summed E-state index contributed by atoms with van der Waals surface area (Å²) < 4.78 is 28.0. The van der Waals surface area contributed by atoms with Crippen molar-refractivity contribution in [3.05, 3.63) is 29.3 Å². The molecule has 6 heteroatoms. The zero-order chi connectivity index (χ0) is 15.5. The number of hydrogen-bond acceptors (Lipinski definition) is 5. The Balaban J connectivity index is 3.22. The average molecular weight is 295 g/mol. The molecule has 1 aromatic rings. The van der Waals surface area contributed by atoms with E-state index in [-0.39, 0.29) is 0 Å². The third kappa shape index (κ3) is 3.36. The van der Waals surface area contributed by atoms with Crippen molar-refractivity contribution in [2.75, 3.05) is 13.4 Å². The van der Waals surface area contributed by atoms with Gasteiger partial charge in [0.15, 0.2) is 15.6 Å². The van der Waals surface area contributed by atoms with Crippen LogP contribution in [0.4, 0.5) is 0 Å². The van der Waals surface area contributed by atoms with E-state index in [9.17, 15) is 18.5 Å². The molecule has 0 saturated heterocycles. The standard InChI is InChI=1S/C14H17NO4S/c1-9-5-6-11(7-13(9)19-3)12(8-15)14(16)10(2)20(4,17)18/h5-7,10,12H,1-4H3. The molecule has 20 heavy (non-hydrogen) atoms. The van der Waals surface area contributed by atoms with Gasteiger partial charge in [-0.05, 0) is 31.0 Å². The van der Waals surface area contributed by atoms with E-state index in [1.54, 1.807) is 18.2 Å².